The number of hydrogen-bond acceptors (Lipinski definition) is 2. The molecule has 0 spiro atoms. The van der Waals surface area contributed by atoms with E-state index >= 15 is 0 Å². The third kappa shape index (κ3) is 2.36. The zero-order valence-corrected chi connectivity index (χ0v) is 8.65. The summed E-state index contributed by atoms with van der Waals surface area (Å²) in [4.78, 5) is 12.7. The van der Waals surface area contributed by atoms with Crippen molar-refractivity contribution < 1.29 is 4.79 Å². The maximum atomic E-state index is 11.0. The van der Waals surface area contributed by atoms with Crippen molar-refractivity contribution in [2.24, 2.45) is 0 Å². The minimum absolute atomic E-state index is 0.297. The first-order valence-electron chi connectivity index (χ1n) is 5.34. The number of nitrogens with zero attached hydrogens (tertiary/aromatic N) is 1. The molecule has 2 rings (SSSR count). The van der Waals surface area contributed by atoms with Crippen LogP contribution >= 0.6 is 0 Å². The Morgan fingerprint density at radius 3 is 2.47 bits per heavy atom. The predicted molar refractivity (Wildman–Crippen MR) is 60.5 cm³/mol. The number of rotatable bonds is 3. The highest BCUT2D eigenvalue weighted by Gasteiger charge is 2.21. The van der Waals surface area contributed by atoms with E-state index in [1.54, 1.807) is 4.90 Å². The van der Waals surface area contributed by atoms with Crippen LogP contribution in [0.25, 0.3) is 0 Å². The number of piperidine rings is 1. The fourth-order valence-electron chi connectivity index (χ4n) is 1.99. The van der Waals surface area contributed by atoms with Crippen molar-refractivity contribution >= 4 is 12.1 Å². The van der Waals surface area contributed by atoms with Gasteiger partial charge in [0.15, 0.2) is 0 Å². The van der Waals surface area contributed by atoms with Gasteiger partial charge in [0.25, 0.3) is 0 Å². The van der Waals surface area contributed by atoms with Crippen molar-refractivity contribution in [1.29, 1.82) is 0 Å². The Morgan fingerprint density at radius 2 is 1.87 bits per heavy atom. The summed E-state index contributed by atoms with van der Waals surface area (Å²) in [6.45, 7) is 1.96. The normalized spacial score (nSPS) is 17.3. The lowest BCUT2D eigenvalue weighted by atomic mass is 10.0. The SMILES string of the molecule is O=[C]N(c1ccccc1)C1CCNCC1. The second kappa shape index (κ2) is 4.94. The Balaban J connectivity index is 2.12. The average molecular weight is 203 g/mol. The summed E-state index contributed by atoms with van der Waals surface area (Å²) in [7, 11) is 0. The average Bonchev–Trinajstić information content (AvgIpc) is 2.33. The highest BCUT2D eigenvalue weighted by atomic mass is 16.1. The highest BCUT2D eigenvalue weighted by molar-refractivity contribution is 5.76. The molecule has 1 amide bonds. The van der Waals surface area contributed by atoms with Crippen molar-refractivity contribution in [2.45, 2.75) is 18.9 Å². The molecule has 1 aromatic carbocycles. The molecule has 1 aliphatic heterocycles. The molecule has 1 saturated heterocycles. The van der Waals surface area contributed by atoms with E-state index in [0.717, 1.165) is 31.6 Å². The van der Waals surface area contributed by atoms with Gasteiger partial charge in [0.2, 0.25) is 0 Å². The van der Waals surface area contributed by atoms with Gasteiger partial charge in [-0.2, -0.15) is 0 Å². The van der Waals surface area contributed by atoms with Crippen molar-refractivity contribution in [3.8, 4) is 0 Å². The second-order valence-electron chi connectivity index (χ2n) is 3.78. The number of carbonyl (C=O) groups excluding carboxylic acids is 1. The van der Waals surface area contributed by atoms with Gasteiger partial charge in [-0.1, -0.05) is 18.2 Å². The molecule has 79 valence electrons. The van der Waals surface area contributed by atoms with E-state index in [9.17, 15) is 4.79 Å². The first-order valence-corrected chi connectivity index (χ1v) is 5.34. The molecule has 0 unspecified atom stereocenters. The third-order valence-corrected chi connectivity index (χ3v) is 2.81. The second-order valence-corrected chi connectivity index (χ2v) is 3.78. The molecule has 1 heterocycles. The predicted octanol–water partition coefficient (Wildman–Crippen LogP) is 1.31. The summed E-state index contributed by atoms with van der Waals surface area (Å²) in [6, 6.07) is 10.0. The van der Waals surface area contributed by atoms with E-state index < -0.39 is 0 Å². The van der Waals surface area contributed by atoms with Gasteiger partial charge in [-0.25, -0.2) is 0 Å². The smallest absolute Gasteiger partial charge is 0.317 e. The van der Waals surface area contributed by atoms with Crippen molar-refractivity contribution in [2.75, 3.05) is 18.0 Å². The Kier molecular flexibility index (Phi) is 3.35. The van der Waals surface area contributed by atoms with Crippen LogP contribution in [0.2, 0.25) is 0 Å². The zero-order valence-electron chi connectivity index (χ0n) is 8.65. The lowest BCUT2D eigenvalue weighted by molar-refractivity contribution is 0.446. The van der Waals surface area contributed by atoms with Crippen molar-refractivity contribution in [3.63, 3.8) is 0 Å². The topological polar surface area (TPSA) is 32.3 Å². The molecule has 0 bridgehead atoms. The molecule has 3 nitrogen and oxygen atoms in total. The molecule has 1 radical (unpaired) electrons. The molecular formula is C12H15N2O. The molecule has 1 aliphatic rings. The summed E-state index contributed by atoms with van der Waals surface area (Å²) in [5.41, 5.74) is 0.944. The van der Waals surface area contributed by atoms with Gasteiger partial charge in [-0.05, 0) is 38.1 Å². The lowest BCUT2D eigenvalue weighted by Crippen LogP contribution is -2.42. The molecule has 1 fully saturated rings. The van der Waals surface area contributed by atoms with E-state index in [2.05, 4.69) is 5.32 Å². The maximum absolute atomic E-state index is 11.0. The number of hydrogen-bond donors (Lipinski definition) is 1. The van der Waals surface area contributed by atoms with Crippen LogP contribution in [-0.2, 0) is 4.79 Å². The standard InChI is InChI=1S/C12H15N2O/c15-10-14(11-4-2-1-3-5-11)12-6-8-13-9-7-12/h1-5,12-13H,6-9H2. The molecule has 1 aromatic rings. The van der Waals surface area contributed by atoms with Gasteiger partial charge in [0, 0.05) is 11.7 Å². The quantitative estimate of drug-likeness (QED) is 0.751. The summed E-state index contributed by atoms with van der Waals surface area (Å²) in [5.74, 6) is 0. The third-order valence-electron chi connectivity index (χ3n) is 2.81. The van der Waals surface area contributed by atoms with Crippen molar-refractivity contribution in [1.82, 2.24) is 5.32 Å². The maximum Gasteiger partial charge on any atom is 0.317 e. The molecule has 1 N–H and O–H groups in total. The number of para-hydroxylation sites is 1. The molecule has 3 heteroatoms. The van der Waals surface area contributed by atoms with E-state index in [1.807, 2.05) is 36.7 Å². The van der Waals surface area contributed by atoms with Crippen LogP contribution in [-0.4, -0.2) is 25.5 Å². The molecule has 0 aromatic heterocycles. The first-order chi connectivity index (χ1) is 7.42. The number of anilines is 1. The summed E-state index contributed by atoms with van der Waals surface area (Å²) in [5, 5.41) is 3.29. The van der Waals surface area contributed by atoms with Crippen molar-refractivity contribution in [3.05, 3.63) is 30.3 Å². The first kappa shape index (κ1) is 10.2. The molecule has 15 heavy (non-hydrogen) atoms. The summed E-state index contributed by atoms with van der Waals surface area (Å²) < 4.78 is 0. The minimum Gasteiger partial charge on any atom is -0.317 e. The number of amides is 1. The van der Waals surface area contributed by atoms with Crippen LogP contribution in [0.1, 0.15) is 12.8 Å². The van der Waals surface area contributed by atoms with Gasteiger partial charge in [-0.3, -0.25) is 4.79 Å². The Morgan fingerprint density at radius 1 is 1.20 bits per heavy atom. The summed E-state index contributed by atoms with van der Waals surface area (Å²) >= 11 is 0. The van der Waals surface area contributed by atoms with Gasteiger partial charge in [0.05, 0.1) is 0 Å². The molecule has 0 saturated carbocycles. The Hall–Kier alpha value is -1.35. The van der Waals surface area contributed by atoms with Gasteiger partial charge >= 0.3 is 6.41 Å². The molecular weight excluding hydrogens is 188 g/mol. The summed E-state index contributed by atoms with van der Waals surface area (Å²) in [6.07, 6.45) is 4.05. The molecule has 0 aliphatic carbocycles. The van der Waals surface area contributed by atoms with Crippen LogP contribution in [0.4, 0.5) is 5.69 Å². The van der Waals surface area contributed by atoms with Crippen LogP contribution < -0.4 is 10.2 Å². The fraction of sp³-hybridized carbons (Fsp3) is 0.417. The van der Waals surface area contributed by atoms with Gasteiger partial charge < -0.3 is 10.2 Å². The van der Waals surface area contributed by atoms with E-state index in [4.69, 9.17) is 0 Å². The zero-order chi connectivity index (χ0) is 10.5. The molecule has 0 atom stereocenters. The van der Waals surface area contributed by atoms with E-state index in [-0.39, 0.29) is 0 Å². The van der Waals surface area contributed by atoms with E-state index in [0.29, 0.717) is 6.04 Å². The Labute approximate surface area is 90.1 Å². The number of benzene rings is 1. The Bertz CT molecular complexity index is 307. The largest absolute Gasteiger partial charge is 0.317 e. The van der Waals surface area contributed by atoms with Crippen LogP contribution in [0.15, 0.2) is 30.3 Å². The monoisotopic (exact) mass is 203 g/mol. The highest BCUT2D eigenvalue weighted by Crippen LogP contribution is 2.19. The number of nitrogens with one attached hydrogen (secondary N) is 1. The minimum atomic E-state index is 0.297. The van der Waals surface area contributed by atoms with Gasteiger partial charge in [0.1, 0.15) is 0 Å². The van der Waals surface area contributed by atoms with E-state index in [1.165, 1.54) is 0 Å². The lowest BCUT2D eigenvalue weighted by Gasteiger charge is -2.30. The van der Waals surface area contributed by atoms with Gasteiger partial charge in [-0.15, -0.1) is 0 Å². The van der Waals surface area contributed by atoms with Crippen LogP contribution in [0, 0.1) is 0 Å². The van der Waals surface area contributed by atoms with Crippen LogP contribution in [0.3, 0.4) is 0 Å². The fourth-order valence-corrected chi connectivity index (χ4v) is 1.99. The van der Waals surface area contributed by atoms with Crippen LogP contribution in [0.5, 0.6) is 0 Å².